The Morgan fingerprint density at radius 3 is 1.29 bits per heavy atom. The molecule has 0 aliphatic heterocycles. The zero-order chi connectivity index (χ0) is 24.8. The van der Waals surface area contributed by atoms with Gasteiger partial charge in [0.1, 0.15) is 0 Å². The molecule has 0 saturated carbocycles. The fraction of sp³-hybridized carbons (Fsp3) is 0.171. The third-order valence-corrected chi connectivity index (χ3v) is 14.0. The molecule has 2 aliphatic carbocycles. The molecule has 0 N–H and O–H groups in total. The first-order chi connectivity index (χ1) is 17.5. The van der Waals surface area contributed by atoms with Crippen molar-refractivity contribution in [2.45, 2.75) is 36.1 Å². The SMILES string of the molecule is CC1=Cc2cc(-c3ccccc3)ccc2[CH]1[Ti+2](=[C](C)C)[CH]1C(C)=Cc2cc(-c3ccccc3)ccc21.[Cl-].[Cl-]. The summed E-state index contributed by atoms with van der Waals surface area (Å²) < 4.78 is 2.82. The predicted molar refractivity (Wildman–Crippen MR) is 153 cm³/mol. The molecule has 0 fully saturated rings. The van der Waals surface area contributed by atoms with Gasteiger partial charge in [-0.25, -0.2) is 0 Å². The molecule has 2 aliphatic rings. The van der Waals surface area contributed by atoms with Crippen LogP contribution in [0, 0.1) is 0 Å². The zero-order valence-corrected chi connectivity index (χ0v) is 25.4. The van der Waals surface area contributed by atoms with Crippen molar-refractivity contribution in [1.82, 2.24) is 0 Å². The Labute approximate surface area is 245 Å². The second-order valence-corrected chi connectivity index (χ2v) is 15.3. The molecular weight excluding hydrogens is 539 g/mol. The van der Waals surface area contributed by atoms with E-state index in [0.717, 1.165) is 0 Å². The van der Waals surface area contributed by atoms with E-state index in [1.807, 2.05) is 0 Å². The van der Waals surface area contributed by atoms with Crippen LogP contribution in [0.2, 0.25) is 0 Å². The van der Waals surface area contributed by atoms with Crippen molar-refractivity contribution in [3.63, 3.8) is 0 Å². The molecule has 0 amide bonds. The van der Waals surface area contributed by atoms with Crippen LogP contribution in [0.15, 0.2) is 108 Å². The van der Waals surface area contributed by atoms with Gasteiger partial charge in [0.2, 0.25) is 0 Å². The average molecular weight is 571 g/mol. The maximum absolute atomic E-state index is 2.47. The van der Waals surface area contributed by atoms with Crippen LogP contribution in [0.5, 0.6) is 0 Å². The van der Waals surface area contributed by atoms with E-state index in [-0.39, 0.29) is 24.8 Å². The quantitative estimate of drug-likeness (QED) is 0.330. The van der Waals surface area contributed by atoms with Gasteiger partial charge >= 0.3 is 222 Å². The Morgan fingerprint density at radius 2 is 0.921 bits per heavy atom. The summed E-state index contributed by atoms with van der Waals surface area (Å²) in [5.41, 5.74) is 14.2. The number of halogens is 2. The molecule has 0 aromatic heterocycles. The van der Waals surface area contributed by atoms with Crippen LogP contribution >= 0.6 is 0 Å². The third kappa shape index (κ3) is 5.08. The molecule has 0 saturated heterocycles. The van der Waals surface area contributed by atoms with E-state index in [0.29, 0.717) is 8.45 Å². The van der Waals surface area contributed by atoms with Crippen molar-refractivity contribution in [2.75, 3.05) is 0 Å². The summed E-state index contributed by atoms with van der Waals surface area (Å²) in [4.78, 5) is 0. The first kappa shape index (κ1) is 28.5. The van der Waals surface area contributed by atoms with E-state index >= 15 is 0 Å². The molecular formula is C35H32Cl2Ti. The largest absolute Gasteiger partial charge is 1.00 e. The van der Waals surface area contributed by atoms with Gasteiger partial charge in [-0.05, 0) is 0 Å². The van der Waals surface area contributed by atoms with Gasteiger partial charge in [0.15, 0.2) is 0 Å². The van der Waals surface area contributed by atoms with Crippen molar-refractivity contribution in [3.05, 3.63) is 130 Å². The minimum atomic E-state index is -1.77. The smallest absolute Gasteiger partial charge is 1.00 e. The van der Waals surface area contributed by atoms with E-state index in [2.05, 4.69) is 137 Å². The van der Waals surface area contributed by atoms with Crippen molar-refractivity contribution in [2.24, 2.45) is 0 Å². The van der Waals surface area contributed by atoms with Crippen molar-refractivity contribution in [3.8, 4) is 22.3 Å². The monoisotopic (exact) mass is 570 g/mol. The van der Waals surface area contributed by atoms with Gasteiger partial charge < -0.3 is 24.8 Å². The number of rotatable bonds is 4. The molecule has 190 valence electrons. The number of benzene rings is 4. The van der Waals surface area contributed by atoms with Crippen molar-refractivity contribution in [1.29, 1.82) is 0 Å². The van der Waals surface area contributed by atoms with Gasteiger partial charge in [-0.1, -0.05) is 0 Å². The van der Waals surface area contributed by atoms with Crippen molar-refractivity contribution < 1.29 is 42.2 Å². The Bertz CT molecular complexity index is 1450. The van der Waals surface area contributed by atoms with Crippen LogP contribution in [0.25, 0.3) is 34.4 Å². The second kappa shape index (κ2) is 11.7. The molecule has 3 heteroatoms. The summed E-state index contributed by atoms with van der Waals surface area (Å²) in [5, 5.41) is 0. The molecule has 0 bridgehead atoms. The molecule has 0 radical (unpaired) electrons. The minimum absolute atomic E-state index is 0. The van der Waals surface area contributed by atoms with E-state index < -0.39 is 17.4 Å². The van der Waals surface area contributed by atoms with E-state index in [9.17, 15) is 0 Å². The van der Waals surface area contributed by atoms with E-state index in [1.54, 1.807) is 26.1 Å². The zero-order valence-electron chi connectivity index (χ0n) is 22.3. The summed E-state index contributed by atoms with van der Waals surface area (Å²) in [6.07, 6.45) is 4.94. The maximum Gasteiger partial charge on any atom is -1.00 e. The Kier molecular flexibility index (Phi) is 8.80. The predicted octanol–water partition coefficient (Wildman–Crippen LogP) is 3.48. The van der Waals surface area contributed by atoms with Gasteiger partial charge in [-0.3, -0.25) is 0 Å². The summed E-state index contributed by atoms with van der Waals surface area (Å²) >= 11 is -1.77. The average Bonchev–Trinajstić information content (AvgIpc) is 3.40. The van der Waals surface area contributed by atoms with Crippen LogP contribution < -0.4 is 24.8 Å². The fourth-order valence-electron chi connectivity index (χ4n) is 6.26. The molecule has 0 spiro atoms. The van der Waals surface area contributed by atoms with Gasteiger partial charge in [-0.15, -0.1) is 0 Å². The van der Waals surface area contributed by atoms with Gasteiger partial charge in [0.25, 0.3) is 0 Å². The van der Waals surface area contributed by atoms with Crippen LogP contribution in [-0.2, 0) is 17.4 Å². The summed E-state index contributed by atoms with van der Waals surface area (Å²) in [6, 6.07) is 35.9. The van der Waals surface area contributed by atoms with E-state index in [1.165, 1.54) is 33.4 Å². The summed E-state index contributed by atoms with van der Waals surface area (Å²) in [5.74, 6) is 0. The standard InChI is InChI=1S/2C16H13.C3H6.2ClH.Ti/c2*1-12-9-14-7-8-15(11-16(14)10-12)13-5-3-2-4-6-13;1-3-2;;;/h2*2-11H,1H3;1-2H3;2*1H;/q;;;;;+2/p-2. The molecule has 2 unspecified atom stereocenters. The molecule has 4 aromatic rings. The molecule has 2 atom stereocenters. The summed E-state index contributed by atoms with van der Waals surface area (Å²) in [6.45, 7) is 9.55. The Balaban J connectivity index is 0.00000168. The molecule has 4 aromatic carbocycles. The van der Waals surface area contributed by atoms with Gasteiger partial charge in [0.05, 0.1) is 0 Å². The Morgan fingerprint density at radius 1 is 0.526 bits per heavy atom. The first-order valence-corrected chi connectivity index (χ1v) is 15.5. The topological polar surface area (TPSA) is 0 Å². The summed E-state index contributed by atoms with van der Waals surface area (Å²) in [7, 11) is 0. The molecule has 0 heterocycles. The Hall–Kier alpha value is -2.48. The van der Waals surface area contributed by atoms with Crippen LogP contribution in [0.1, 0.15) is 58.4 Å². The van der Waals surface area contributed by atoms with Crippen molar-refractivity contribution >= 4 is 16.0 Å². The number of fused-ring (bicyclic) bond motifs is 2. The maximum atomic E-state index is 2.47. The normalized spacial score (nSPS) is 16.6. The molecule has 6 rings (SSSR count). The molecule has 38 heavy (non-hydrogen) atoms. The van der Waals surface area contributed by atoms with Crippen LogP contribution in [-0.4, -0.2) is 3.81 Å². The fourth-order valence-corrected chi connectivity index (χ4v) is 12.2. The first-order valence-electron chi connectivity index (χ1n) is 12.9. The number of hydrogen-bond donors (Lipinski definition) is 0. The third-order valence-electron chi connectivity index (χ3n) is 7.89. The van der Waals surface area contributed by atoms with E-state index in [4.69, 9.17) is 0 Å². The van der Waals surface area contributed by atoms with Gasteiger partial charge in [-0.2, -0.15) is 0 Å². The minimum Gasteiger partial charge on any atom is -1.00 e. The number of hydrogen-bond acceptors (Lipinski definition) is 0. The second-order valence-electron chi connectivity index (χ2n) is 10.5. The van der Waals surface area contributed by atoms with Crippen LogP contribution in [0.3, 0.4) is 0 Å². The van der Waals surface area contributed by atoms with Gasteiger partial charge in [0, 0.05) is 0 Å². The number of allylic oxidation sites excluding steroid dienone is 2. The van der Waals surface area contributed by atoms with Crippen LogP contribution in [0.4, 0.5) is 0 Å². The molecule has 0 nitrogen and oxygen atoms in total.